The number of nitrogens with zero attached hydrogens (tertiary/aromatic N) is 3. The Bertz CT molecular complexity index is 760. The van der Waals surface area contributed by atoms with Crippen molar-refractivity contribution in [2.75, 3.05) is 26.0 Å². The third-order valence-corrected chi connectivity index (χ3v) is 5.33. The number of hydrogen-bond acceptors (Lipinski definition) is 5. The Morgan fingerprint density at radius 2 is 2.16 bits per heavy atom. The van der Waals surface area contributed by atoms with Crippen molar-refractivity contribution in [2.45, 2.75) is 30.1 Å². The van der Waals surface area contributed by atoms with Crippen molar-refractivity contribution >= 4 is 17.7 Å². The summed E-state index contributed by atoms with van der Waals surface area (Å²) in [6, 6.07) is 8.18. The van der Waals surface area contributed by atoms with E-state index in [-0.39, 0.29) is 12.0 Å². The van der Waals surface area contributed by atoms with Gasteiger partial charge in [0.25, 0.3) is 0 Å². The highest BCUT2D eigenvalue weighted by molar-refractivity contribution is 7.99. The van der Waals surface area contributed by atoms with Crippen LogP contribution in [0.1, 0.15) is 18.9 Å². The molecule has 25 heavy (non-hydrogen) atoms. The molecule has 2 heterocycles. The number of carbonyl (C=O) groups excluding carboxylic acids is 1. The van der Waals surface area contributed by atoms with Crippen molar-refractivity contribution in [2.24, 2.45) is 0 Å². The molecule has 1 atom stereocenters. The van der Waals surface area contributed by atoms with Gasteiger partial charge in [-0.25, -0.2) is 4.98 Å². The van der Waals surface area contributed by atoms with Gasteiger partial charge in [0.05, 0.1) is 12.3 Å². The monoisotopic (exact) mass is 359 g/mol. The molecular formula is C18H21N3O3S. The first-order chi connectivity index (χ1) is 12.2. The highest BCUT2D eigenvalue weighted by Crippen LogP contribution is 2.37. The van der Waals surface area contributed by atoms with Gasteiger partial charge in [-0.1, -0.05) is 23.9 Å². The second kappa shape index (κ2) is 7.00. The molecule has 1 aromatic carbocycles. The topological polar surface area (TPSA) is 56.6 Å². The second-order valence-electron chi connectivity index (χ2n) is 6.41. The number of likely N-dealkylation sites (N-methyl/N-ethyl adjacent to an activating group) is 1. The molecule has 6 nitrogen and oxygen atoms in total. The van der Waals surface area contributed by atoms with Crippen LogP contribution in [0.5, 0.6) is 11.5 Å². The zero-order valence-electron chi connectivity index (χ0n) is 14.1. The summed E-state index contributed by atoms with van der Waals surface area (Å²) in [5, 5.41) is 0.926. The number of carbonyl (C=O) groups is 1. The molecule has 0 N–H and O–H groups in total. The van der Waals surface area contributed by atoms with Gasteiger partial charge in [0.1, 0.15) is 6.61 Å². The molecule has 7 heteroatoms. The molecule has 1 aliphatic heterocycles. The Balaban J connectivity index is 1.28. The lowest BCUT2D eigenvalue weighted by atomic mass is 10.2. The van der Waals surface area contributed by atoms with E-state index in [0.29, 0.717) is 24.9 Å². The third-order valence-electron chi connectivity index (χ3n) is 4.37. The molecular weight excluding hydrogens is 338 g/mol. The van der Waals surface area contributed by atoms with Crippen LogP contribution in [0.2, 0.25) is 0 Å². The van der Waals surface area contributed by atoms with Crippen LogP contribution in [-0.4, -0.2) is 52.4 Å². The molecule has 1 saturated carbocycles. The first-order valence-corrected chi connectivity index (χ1v) is 9.47. The number of imidazole rings is 1. The van der Waals surface area contributed by atoms with Crippen molar-refractivity contribution in [1.29, 1.82) is 0 Å². The molecule has 0 bridgehead atoms. The minimum atomic E-state index is -0.151. The van der Waals surface area contributed by atoms with E-state index in [1.165, 1.54) is 24.6 Å². The summed E-state index contributed by atoms with van der Waals surface area (Å²) in [6.45, 7) is 0.957. The fourth-order valence-corrected chi connectivity index (χ4v) is 3.81. The summed E-state index contributed by atoms with van der Waals surface area (Å²) in [7, 11) is 1.81. The molecule has 132 valence electrons. The number of benzene rings is 1. The Kier molecular flexibility index (Phi) is 4.57. The predicted octanol–water partition coefficient (Wildman–Crippen LogP) is 2.61. The van der Waals surface area contributed by atoms with Gasteiger partial charge in [-0.2, -0.15) is 0 Å². The molecule has 1 aliphatic carbocycles. The number of aromatic nitrogens is 2. The van der Waals surface area contributed by atoms with Crippen molar-refractivity contribution in [1.82, 2.24) is 14.5 Å². The molecule has 0 radical (unpaired) electrons. The Morgan fingerprint density at radius 1 is 1.36 bits per heavy atom. The van der Waals surface area contributed by atoms with E-state index in [1.54, 1.807) is 18.1 Å². The van der Waals surface area contributed by atoms with E-state index in [1.807, 2.05) is 30.5 Å². The predicted molar refractivity (Wildman–Crippen MR) is 95.2 cm³/mol. The number of hydrogen-bond donors (Lipinski definition) is 0. The van der Waals surface area contributed by atoms with Crippen LogP contribution in [0.3, 0.4) is 0 Å². The van der Waals surface area contributed by atoms with Crippen LogP contribution in [0.4, 0.5) is 0 Å². The van der Waals surface area contributed by atoms with E-state index in [2.05, 4.69) is 9.55 Å². The van der Waals surface area contributed by atoms with Gasteiger partial charge >= 0.3 is 0 Å². The van der Waals surface area contributed by atoms with Gasteiger partial charge < -0.3 is 18.9 Å². The molecule has 4 rings (SSSR count). The number of fused-ring (bicyclic) bond motifs is 1. The summed E-state index contributed by atoms with van der Waals surface area (Å²) < 4.78 is 13.8. The summed E-state index contributed by atoms with van der Waals surface area (Å²) >= 11 is 1.50. The molecule has 1 fully saturated rings. The van der Waals surface area contributed by atoms with Crippen LogP contribution in [-0.2, 0) is 4.79 Å². The molecule has 1 aromatic heterocycles. The maximum Gasteiger partial charge on any atom is 0.232 e. The van der Waals surface area contributed by atoms with E-state index in [9.17, 15) is 4.79 Å². The molecule has 0 unspecified atom stereocenters. The fourth-order valence-electron chi connectivity index (χ4n) is 2.84. The molecule has 2 aliphatic rings. The van der Waals surface area contributed by atoms with Gasteiger partial charge in [-0.3, -0.25) is 4.79 Å². The zero-order valence-corrected chi connectivity index (χ0v) is 14.9. The van der Waals surface area contributed by atoms with Gasteiger partial charge in [-0.05, 0) is 25.0 Å². The average Bonchev–Trinajstić information content (AvgIpc) is 3.37. The van der Waals surface area contributed by atoms with Crippen LogP contribution < -0.4 is 9.47 Å². The summed E-state index contributed by atoms with van der Waals surface area (Å²) in [5.41, 5.74) is 0. The molecule has 0 spiro atoms. The largest absolute Gasteiger partial charge is 0.486 e. The lowest BCUT2D eigenvalue weighted by Gasteiger charge is -2.29. The number of rotatable bonds is 6. The van der Waals surface area contributed by atoms with Gasteiger partial charge in [0.15, 0.2) is 22.8 Å². The van der Waals surface area contributed by atoms with Gasteiger partial charge in [0, 0.05) is 25.5 Å². The summed E-state index contributed by atoms with van der Waals surface area (Å²) in [6.07, 6.45) is 6.07. The van der Waals surface area contributed by atoms with Gasteiger partial charge in [-0.15, -0.1) is 0 Å². The molecule has 2 aromatic rings. The maximum atomic E-state index is 12.4. The summed E-state index contributed by atoms with van der Waals surface area (Å²) in [4.78, 5) is 18.5. The summed E-state index contributed by atoms with van der Waals surface area (Å²) in [5.74, 6) is 1.94. The third kappa shape index (κ3) is 3.76. The van der Waals surface area contributed by atoms with Crippen LogP contribution in [0.25, 0.3) is 0 Å². The standard InChI is InChI=1S/C18H21N3O3S/c1-20(10-14-11-23-15-4-2-3-5-16(15)24-14)17(22)12-25-18-19-8-9-21(18)13-6-7-13/h2-5,8-9,13-14H,6-7,10-12H2,1H3/t14-/m1/s1. The maximum absolute atomic E-state index is 12.4. The van der Waals surface area contributed by atoms with E-state index < -0.39 is 0 Å². The quantitative estimate of drug-likeness (QED) is 0.742. The Hall–Kier alpha value is -2.15. The molecule has 0 saturated heterocycles. The lowest BCUT2D eigenvalue weighted by Crippen LogP contribution is -2.42. The minimum Gasteiger partial charge on any atom is -0.486 e. The number of ether oxygens (including phenoxy) is 2. The smallest absolute Gasteiger partial charge is 0.232 e. The van der Waals surface area contributed by atoms with Crippen molar-refractivity contribution < 1.29 is 14.3 Å². The van der Waals surface area contributed by atoms with Crippen LogP contribution >= 0.6 is 11.8 Å². The first-order valence-electron chi connectivity index (χ1n) is 8.49. The van der Waals surface area contributed by atoms with E-state index in [4.69, 9.17) is 9.47 Å². The normalized spacial score (nSPS) is 18.8. The van der Waals surface area contributed by atoms with Crippen LogP contribution in [0, 0.1) is 0 Å². The first kappa shape index (κ1) is 16.3. The van der Waals surface area contributed by atoms with Crippen molar-refractivity contribution in [3.8, 4) is 11.5 Å². The van der Waals surface area contributed by atoms with Crippen molar-refractivity contribution in [3.05, 3.63) is 36.7 Å². The van der Waals surface area contributed by atoms with E-state index >= 15 is 0 Å². The number of amides is 1. The highest BCUT2D eigenvalue weighted by Gasteiger charge is 2.27. The SMILES string of the molecule is CN(C[C@@H]1COc2ccccc2O1)C(=O)CSc1nccn1C1CC1. The van der Waals surface area contributed by atoms with Crippen LogP contribution in [0.15, 0.2) is 41.8 Å². The minimum absolute atomic E-state index is 0.0674. The Morgan fingerprint density at radius 3 is 2.96 bits per heavy atom. The van der Waals surface area contributed by atoms with E-state index in [0.717, 1.165) is 16.7 Å². The lowest BCUT2D eigenvalue weighted by molar-refractivity contribution is -0.128. The second-order valence-corrected chi connectivity index (χ2v) is 7.35. The average molecular weight is 359 g/mol. The van der Waals surface area contributed by atoms with Gasteiger partial charge in [0.2, 0.25) is 5.91 Å². The number of para-hydroxylation sites is 2. The fraction of sp³-hybridized carbons (Fsp3) is 0.444. The molecule has 1 amide bonds. The van der Waals surface area contributed by atoms with Crippen molar-refractivity contribution in [3.63, 3.8) is 0 Å². The Labute approximate surface area is 151 Å². The number of thioether (sulfide) groups is 1. The zero-order chi connectivity index (χ0) is 17.2. The highest BCUT2D eigenvalue weighted by atomic mass is 32.2.